The number of likely N-dealkylation sites (N-methyl/N-ethyl adjacent to an activating group) is 1. The fourth-order valence-corrected chi connectivity index (χ4v) is 2.08. The highest BCUT2D eigenvalue weighted by Crippen LogP contribution is 2.26. The zero-order valence-electron chi connectivity index (χ0n) is 8.48. The zero-order chi connectivity index (χ0) is 10.1. The third kappa shape index (κ3) is 1.64. The van der Waals surface area contributed by atoms with Gasteiger partial charge in [0.1, 0.15) is 6.10 Å². The van der Waals surface area contributed by atoms with Gasteiger partial charge in [-0.15, -0.1) is 0 Å². The topological polar surface area (TPSA) is 49.8 Å². The molecule has 2 fully saturated rings. The predicted octanol–water partition coefficient (Wildman–Crippen LogP) is 0.147. The van der Waals surface area contributed by atoms with Crippen LogP contribution in [0.4, 0.5) is 0 Å². The van der Waals surface area contributed by atoms with Crippen molar-refractivity contribution < 1.29 is 14.6 Å². The lowest BCUT2D eigenvalue weighted by molar-refractivity contribution is -0.147. The Morgan fingerprint density at radius 3 is 2.64 bits per heavy atom. The Labute approximate surface area is 83.8 Å². The first-order valence-electron chi connectivity index (χ1n) is 5.26. The Morgan fingerprint density at radius 2 is 2.21 bits per heavy atom. The molecule has 0 aromatic heterocycles. The van der Waals surface area contributed by atoms with E-state index in [9.17, 15) is 9.90 Å². The Kier molecular flexibility index (Phi) is 2.74. The number of aliphatic hydroxyl groups excluding tert-OH is 1. The molecule has 0 aromatic carbocycles. The monoisotopic (exact) mass is 199 g/mol. The van der Waals surface area contributed by atoms with Gasteiger partial charge < -0.3 is 14.7 Å². The van der Waals surface area contributed by atoms with E-state index in [1.165, 1.54) is 0 Å². The van der Waals surface area contributed by atoms with Crippen LogP contribution >= 0.6 is 0 Å². The first-order valence-corrected chi connectivity index (χ1v) is 5.26. The van der Waals surface area contributed by atoms with Gasteiger partial charge in [-0.05, 0) is 25.7 Å². The van der Waals surface area contributed by atoms with Gasteiger partial charge >= 0.3 is 0 Å². The molecule has 0 radical (unpaired) electrons. The lowest BCUT2D eigenvalue weighted by Crippen LogP contribution is -2.53. The normalized spacial score (nSPS) is 36.6. The molecular weight excluding hydrogens is 182 g/mol. The third-order valence-corrected chi connectivity index (χ3v) is 3.25. The Morgan fingerprint density at radius 1 is 1.43 bits per heavy atom. The summed E-state index contributed by atoms with van der Waals surface area (Å²) in [6.07, 6.45) is 2.94. The van der Waals surface area contributed by atoms with E-state index in [1.807, 2.05) is 0 Å². The van der Waals surface area contributed by atoms with Crippen molar-refractivity contribution in [2.24, 2.45) is 0 Å². The molecule has 0 bridgehead atoms. The van der Waals surface area contributed by atoms with Crippen LogP contribution in [0.5, 0.6) is 0 Å². The quantitative estimate of drug-likeness (QED) is 0.688. The van der Waals surface area contributed by atoms with Gasteiger partial charge in [-0.3, -0.25) is 4.79 Å². The molecule has 1 saturated heterocycles. The lowest BCUT2D eigenvalue weighted by Gasteiger charge is -2.40. The maximum Gasteiger partial charge on any atom is 0.251 e. The molecular formula is C10H17NO3. The maximum atomic E-state index is 11.8. The summed E-state index contributed by atoms with van der Waals surface area (Å²) in [6.45, 7) is 0.692. The summed E-state index contributed by atoms with van der Waals surface area (Å²) < 4.78 is 5.32. The molecule has 1 amide bonds. The Bertz CT molecular complexity index is 225. The van der Waals surface area contributed by atoms with Gasteiger partial charge in [-0.25, -0.2) is 0 Å². The fraction of sp³-hybridized carbons (Fsp3) is 0.900. The van der Waals surface area contributed by atoms with E-state index in [0.29, 0.717) is 6.61 Å². The van der Waals surface area contributed by atoms with Crippen LogP contribution < -0.4 is 0 Å². The van der Waals surface area contributed by atoms with Crippen LogP contribution in [0.3, 0.4) is 0 Å². The van der Waals surface area contributed by atoms with E-state index in [1.54, 1.807) is 11.9 Å². The summed E-state index contributed by atoms with van der Waals surface area (Å²) in [7, 11) is 1.76. The molecule has 0 aromatic rings. The number of ether oxygens (including phenoxy) is 1. The lowest BCUT2D eigenvalue weighted by atomic mass is 9.88. The van der Waals surface area contributed by atoms with Crippen LogP contribution in [-0.2, 0) is 9.53 Å². The van der Waals surface area contributed by atoms with Gasteiger partial charge in [0.15, 0.2) is 0 Å². The molecule has 80 valence electrons. The smallest absolute Gasteiger partial charge is 0.251 e. The number of nitrogens with zero attached hydrogens (tertiary/aromatic N) is 1. The molecule has 1 aliphatic heterocycles. The molecule has 2 rings (SSSR count). The molecule has 14 heavy (non-hydrogen) atoms. The van der Waals surface area contributed by atoms with Crippen LogP contribution in [0.25, 0.3) is 0 Å². The van der Waals surface area contributed by atoms with E-state index >= 15 is 0 Å². The summed E-state index contributed by atoms with van der Waals surface area (Å²) >= 11 is 0. The predicted molar refractivity (Wildman–Crippen MR) is 50.8 cm³/mol. The van der Waals surface area contributed by atoms with Crippen LogP contribution in [0.15, 0.2) is 0 Å². The molecule has 1 saturated carbocycles. The van der Waals surface area contributed by atoms with E-state index < -0.39 is 0 Å². The van der Waals surface area contributed by atoms with Gasteiger partial charge in [-0.1, -0.05) is 0 Å². The number of hydrogen-bond donors (Lipinski definition) is 1. The van der Waals surface area contributed by atoms with Crippen LogP contribution in [-0.4, -0.2) is 47.8 Å². The number of aliphatic hydroxyl groups is 1. The van der Waals surface area contributed by atoms with Crippen molar-refractivity contribution in [3.05, 3.63) is 0 Å². The standard InChI is InChI=1S/C10H17NO3/c1-11(7-4-5-8(7)12)10(13)9-3-2-6-14-9/h7-9,12H,2-6H2,1H3. The number of amides is 1. The summed E-state index contributed by atoms with van der Waals surface area (Å²) in [6, 6.07) is 0.0201. The van der Waals surface area contributed by atoms with Crippen molar-refractivity contribution in [3.63, 3.8) is 0 Å². The fourth-order valence-electron chi connectivity index (χ4n) is 2.08. The van der Waals surface area contributed by atoms with E-state index in [0.717, 1.165) is 25.7 Å². The summed E-state index contributed by atoms with van der Waals surface area (Å²) in [5, 5.41) is 9.44. The zero-order valence-corrected chi connectivity index (χ0v) is 8.48. The number of carbonyl (C=O) groups excluding carboxylic acids is 1. The van der Waals surface area contributed by atoms with E-state index in [-0.39, 0.29) is 24.2 Å². The van der Waals surface area contributed by atoms with Crippen molar-refractivity contribution >= 4 is 5.91 Å². The van der Waals surface area contributed by atoms with Gasteiger partial charge in [0.2, 0.25) is 0 Å². The molecule has 3 atom stereocenters. The number of carbonyl (C=O) groups is 1. The Hall–Kier alpha value is -0.610. The molecule has 0 spiro atoms. The second-order valence-electron chi connectivity index (χ2n) is 4.16. The molecule has 4 heteroatoms. The summed E-state index contributed by atoms with van der Waals surface area (Å²) in [5.41, 5.74) is 0. The highest BCUT2D eigenvalue weighted by atomic mass is 16.5. The van der Waals surface area contributed by atoms with Crippen LogP contribution in [0.1, 0.15) is 25.7 Å². The first kappa shape index (κ1) is 9.93. The molecule has 1 heterocycles. The maximum absolute atomic E-state index is 11.8. The minimum atomic E-state index is -0.328. The van der Waals surface area contributed by atoms with Gasteiger partial charge in [0, 0.05) is 13.7 Å². The van der Waals surface area contributed by atoms with Crippen LogP contribution in [0.2, 0.25) is 0 Å². The molecule has 3 unspecified atom stereocenters. The van der Waals surface area contributed by atoms with Crippen molar-refractivity contribution in [1.82, 2.24) is 4.90 Å². The van der Waals surface area contributed by atoms with E-state index in [2.05, 4.69) is 0 Å². The van der Waals surface area contributed by atoms with Crippen molar-refractivity contribution in [1.29, 1.82) is 0 Å². The largest absolute Gasteiger partial charge is 0.391 e. The van der Waals surface area contributed by atoms with Gasteiger partial charge in [-0.2, -0.15) is 0 Å². The molecule has 1 aliphatic carbocycles. The Balaban J connectivity index is 1.89. The highest BCUT2D eigenvalue weighted by Gasteiger charge is 2.37. The van der Waals surface area contributed by atoms with Crippen molar-refractivity contribution in [2.75, 3.05) is 13.7 Å². The molecule has 2 aliphatic rings. The summed E-state index contributed by atoms with van der Waals surface area (Å²) in [4.78, 5) is 13.5. The molecule has 4 nitrogen and oxygen atoms in total. The SMILES string of the molecule is CN(C(=O)C1CCCO1)C1CCC1O. The minimum absolute atomic E-state index is 0.0201. The third-order valence-electron chi connectivity index (χ3n) is 3.25. The van der Waals surface area contributed by atoms with Gasteiger partial charge in [0.25, 0.3) is 5.91 Å². The summed E-state index contributed by atoms with van der Waals surface area (Å²) in [5.74, 6) is 0.0336. The van der Waals surface area contributed by atoms with Crippen molar-refractivity contribution in [3.8, 4) is 0 Å². The number of hydrogen-bond acceptors (Lipinski definition) is 3. The number of rotatable bonds is 2. The minimum Gasteiger partial charge on any atom is -0.391 e. The average Bonchev–Trinajstić information content (AvgIpc) is 2.67. The second kappa shape index (κ2) is 3.87. The van der Waals surface area contributed by atoms with Crippen molar-refractivity contribution in [2.45, 2.75) is 43.9 Å². The van der Waals surface area contributed by atoms with Crippen LogP contribution in [0, 0.1) is 0 Å². The van der Waals surface area contributed by atoms with Gasteiger partial charge in [0.05, 0.1) is 12.1 Å². The first-order chi connectivity index (χ1) is 6.70. The molecule has 1 N–H and O–H groups in total. The average molecular weight is 199 g/mol. The second-order valence-corrected chi connectivity index (χ2v) is 4.16. The van der Waals surface area contributed by atoms with E-state index in [4.69, 9.17) is 4.74 Å². The highest BCUT2D eigenvalue weighted by molar-refractivity contribution is 5.81.